The van der Waals surface area contributed by atoms with Crippen LogP contribution in [0.2, 0.25) is 0 Å². The maximum Gasteiger partial charge on any atom is 0.242 e. The summed E-state index contributed by atoms with van der Waals surface area (Å²) in [4.78, 5) is 0.117. The van der Waals surface area contributed by atoms with Crippen molar-refractivity contribution in [2.75, 3.05) is 6.54 Å². The van der Waals surface area contributed by atoms with Crippen LogP contribution in [0.5, 0.6) is 0 Å². The van der Waals surface area contributed by atoms with Crippen LogP contribution in [0.4, 0.5) is 0 Å². The van der Waals surface area contributed by atoms with Gasteiger partial charge in [0.05, 0.1) is 23.7 Å². The van der Waals surface area contributed by atoms with Gasteiger partial charge in [-0.1, -0.05) is 29.1 Å². The highest BCUT2D eigenvalue weighted by atomic mass is 32.2. The molecule has 0 atom stereocenters. The van der Waals surface area contributed by atoms with E-state index in [1.165, 1.54) is 6.07 Å². The summed E-state index contributed by atoms with van der Waals surface area (Å²) in [6.45, 7) is 1.96. The Labute approximate surface area is 123 Å². The Morgan fingerprint density at radius 3 is 2.81 bits per heavy atom. The molecule has 3 N–H and O–H groups in total. The first kappa shape index (κ1) is 15.3. The van der Waals surface area contributed by atoms with E-state index >= 15 is 0 Å². The number of aromatic nitrogens is 1. The molecule has 1 heterocycles. The minimum Gasteiger partial charge on any atom is -0.361 e. The van der Waals surface area contributed by atoms with Crippen molar-refractivity contribution in [3.05, 3.63) is 47.3 Å². The second-order valence-corrected chi connectivity index (χ2v) is 5.99. The average Bonchev–Trinajstić information content (AvgIpc) is 2.89. The predicted octanol–water partition coefficient (Wildman–Crippen LogP) is 0.772. The quantitative estimate of drug-likeness (QED) is 0.813. The van der Waals surface area contributed by atoms with Crippen LogP contribution in [0.15, 0.2) is 39.8 Å². The molecule has 0 saturated heterocycles. The molecule has 0 bridgehead atoms. The predicted molar refractivity (Wildman–Crippen MR) is 77.6 cm³/mol. The van der Waals surface area contributed by atoms with Gasteiger partial charge in [0.2, 0.25) is 10.0 Å². The summed E-state index contributed by atoms with van der Waals surface area (Å²) in [5.74, 6) is 6.03. The lowest BCUT2D eigenvalue weighted by Crippen LogP contribution is -2.24. The van der Waals surface area contributed by atoms with Gasteiger partial charge in [-0.05, 0) is 19.1 Å². The van der Waals surface area contributed by atoms with E-state index in [-0.39, 0.29) is 18.0 Å². The summed E-state index contributed by atoms with van der Waals surface area (Å²) in [6, 6.07) is 8.17. The molecule has 1 aromatic carbocycles. The van der Waals surface area contributed by atoms with Gasteiger partial charge in [-0.15, -0.1) is 0 Å². The molecule has 110 valence electrons. The van der Waals surface area contributed by atoms with Gasteiger partial charge in [0.1, 0.15) is 5.76 Å². The fourth-order valence-corrected chi connectivity index (χ4v) is 2.86. The molecule has 6 nitrogen and oxygen atoms in total. The van der Waals surface area contributed by atoms with Crippen LogP contribution in [0.25, 0.3) is 0 Å². The number of nitrogens with one attached hydrogen (secondary N) is 1. The lowest BCUT2D eigenvalue weighted by atomic mass is 10.2. The molecular weight excluding hydrogens is 290 g/mol. The number of nitrogens with zero attached hydrogens (tertiary/aromatic N) is 1. The molecule has 0 amide bonds. The first-order chi connectivity index (χ1) is 10.0. The van der Waals surface area contributed by atoms with Crippen LogP contribution in [-0.4, -0.2) is 20.1 Å². The van der Waals surface area contributed by atoms with Crippen molar-refractivity contribution in [3.8, 4) is 11.8 Å². The summed E-state index contributed by atoms with van der Waals surface area (Å²) >= 11 is 0. The number of sulfonamides is 1. The number of hydrogen-bond acceptors (Lipinski definition) is 5. The highest BCUT2D eigenvalue weighted by Crippen LogP contribution is 2.14. The van der Waals surface area contributed by atoms with Gasteiger partial charge in [-0.2, -0.15) is 0 Å². The van der Waals surface area contributed by atoms with Crippen molar-refractivity contribution in [2.45, 2.75) is 18.4 Å². The van der Waals surface area contributed by atoms with Gasteiger partial charge in [-0.3, -0.25) is 0 Å². The van der Waals surface area contributed by atoms with E-state index in [1.54, 1.807) is 31.2 Å². The Balaban J connectivity index is 2.23. The number of benzene rings is 1. The van der Waals surface area contributed by atoms with Gasteiger partial charge in [0.15, 0.2) is 0 Å². The highest BCUT2D eigenvalue weighted by molar-refractivity contribution is 7.89. The summed E-state index contributed by atoms with van der Waals surface area (Å²) < 4.78 is 32.0. The molecule has 1 aromatic heterocycles. The zero-order chi connectivity index (χ0) is 15.3. The summed E-state index contributed by atoms with van der Waals surface area (Å²) in [6.07, 6.45) is 0. The normalized spacial score (nSPS) is 11.0. The van der Waals surface area contributed by atoms with Crippen molar-refractivity contribution in [1.82, 2.24) is 9.88 Å². The van der Waals surface area contributed by atoms with Crippen molar-refractivity contribution < 1.29 is 12.9 Å². The maximum atomic E-state index is 12.3. The molecule has 0 fully saturated rings. The lowest BCUT2D eigenvalue weighted by Gasteiger charge is -2.07. The van der Waals surface area contributed by atoms with Crippen molar-refractivity contribution in [3.63, 3.8) is 0 Å². The summed E-state index contributed by atoms with van der Waals surface area (Å²) in [5, 5.41) is 3.74. The Morgan fingerprint density at radius 2 is 2.14 bits per heavy atom. The van der Waals surface area contributed by atoms with Crippen LogP contribution in [0.3, 0.4) is 0 Å². The van der Waals surface area contributed by atoms with Crippen LogP contribution < -0.4 is 10.5 Å². The monoisotopic (exact) mass is 305 g/mol. The van der Waals surface area contributed by atoms with Crippen LogP contribution in [0.1, 0.15) is 17.0 Å². The number of aryl methyl sites for hydroxylation is 1. The Hall–Kier alpha value is -2.14. The molecule has 21 heavy (non-hydrogen) atoms. The maximum absolute atomic E-state index is 12.3. The van der Waals surface area contributed by atoms with Gasteiger partial charge in [0.25, 0.3) is 0 Å². The number of nitrogens with two attached hydrogens (primary N) is 1. The van der Waals surface area contributed by atoms with Crippen molar-refractivity contribution in [2.24, 2.45) is 5.73 Å². The molecule has 0 spiro atoms. The first-order valence-electron chi connectivity index (χ1n) is 6.23. The molecule has 7 heteroatoms. The summed E-state index contributed by atoms with van der Waals surface area (Å²) in [7, 11) is -3.69. The number of rotatable bonds is 4. The van der Waals surface area contributed by atoms with E-state index in [1.807, 2.05) is 0 Å². The molecule has 2 aromatic rings. The second-order valence-electron chi connectivity index (χ2n) is 4.26. The Kier molecular flexibility index (Phi) is 4.75. The average molecular weight is 305 g/mol. The molecule has 0 aliphatic carbocycles. The molecule has 0 saturated carbocycles. The Bertz CT molecular complexity index is 785. The third-order valence-corrected chi connectivity index (χ3v) is 4.08. The second kappa shape index (κ2) is 6.54. The van der Waals surface area contributed by atoms with Gasteiger partial charge in [0, 0.05) is 11.6 Å². The van der Waals surface area contributed by atoms with Crippen LogP contribution >= 0.6 is 0 Å². The third-order valence-electron chi connectivity index (χ3n) is 2.62. The standard InChI is InChI=1S/C14H15N3O3S/c1-11-9-13(17-20-11)10-16-21(18,19)14-7-3-2-5-12(14)6-4-8-15/h2-3,5,7,9,16H,8,10,15H2,1H3. The fraction of sp³-hybridized carbons (Fsp3) is 0.214. The fourth-order valence-electron chi connectivity index (χ4n) is 1.70. The lowest BCUT2D eigenvalue weighted by molar-refractivity contribution is 0.390. The molecule has 2 rings (SSSR count). The summed E-state index contributed by atoms with van der Waals surface area (Å²) in [5.41, 5.74) is 6.24. The minimum absolute atomic E-state index is 0.0539. The van der Waals surface area contributed by atoms with Crippen LogP contribution in [-0.2, 0) is 16.6 Å². The van der Waals surface area contributed by atoms with E-state index < -0.39 is 10.0 Å². The molecular formula is C14H15N3O3S. The largest absolute Gasteiger partial charge is 0.361 e. The molecule has 0 aliphatic rings. The SMILES string of the molecule is Cc1cc(CNS(=O)(=O)c2ccccc2C#CCN)no1. The van der Waals surface area contributed by atoms with Gasteiger partial charge < -0.3 is 10.3 Å². The van der Waals surface area contributed by atoms with Crippen LogP contribution in [0, 0.1) is 18.8 Å². The van der Waals surface area contributed by atoms with E-state index in [0.29, 0.717) is 17.0 Å². The van der Waals surface area contributed by atoms with Gasteiger partial charge >= 0.3 is 0 Å². The van der Waals surface area contributed by atoms with E-state index in [9.17, 15) is 8.42 Å². The highest BCUT2D eigenvalue weighted by Gasteiger charge is 2.17. The number of hydrogen-bond donors (Lipinski definition) is 2. The van der Waals surface area contributed by atoms with Gasteiger partial charge in [-0.25, -0.2) is 13.1 Å². The minimum atomic E-state index is -3.69. The van der Waals surface area contributed by atoms with Crippen molar-refractivity contribution in [1.29, 1.82) is 0 Å². The van der Waals surface area contributed by atoms with Crippen molar-refractivity contribution >= 4 is 10.0 Å². The molecule has 0 radical (unpaired) electrons. The Morgan fingerprint density at radius 1 is 1.38 bits per heavy atom. The van der Waals surface area contributed by atoms with E-state index in [4.69, 9.17) is 10.3 Å². The zero-order valence-electron chi connectivity index (χ0n) is 11.5. The smallest absolute Gasteiger partial charge is 0.242 e. The zero-order valence-corrected chi connectivity index (χ0v) is 12.3. The molecule has 0 unspecified atom stereocenters. The van der Waals surface area contributed by atoms with E-state index in [2.05, 4.69) is 21.7 Å². The van der Waals surface area contributed by atoms with E-state index in [0.717, 1.165) is 0 Å². The third kappa shape index (κ3) is 3.92. The molecule has 0 aliphatic heterocycles. The first-order valence-corrected chi connectivity index (χ1v) is 7.71. The topological polar surface area (TPSA) is 98.2 Å².